The summed E-state index contributed by atoms with van der Waals surface area (Å²) in [7, 11) is 0. The highest BCUT2D eigenvalue weighted by Gasteiger charge is 2.41. The zero-order chi connectivity index (χ0) is 14.6. The van der Waals surface area contributed by atoms with Crippen LogP contribution in [0.4, 0.5) is 0 Å². The Kier molecular flexibility index (Phi) is 5.02. The van der Waals surface area contributed by atoms with Gasteiger partial charge in [-0.2, -0.15) is 0 Å². The van der Waals surface area contributed by atoms with Crippen molar-refractivity contribution < 1.29 is 19.4 Å². The highest BCUT2D eigenvalue weighted by Crippen LogP contribution is 2.38. The number of carbonyl (C=O) groups excluding carboxylic acids is 1. The predicted octanol–water partition coefficient (Wildman–Crippen LogP) is 1.95. The highest BCUT2D eigenvalue weighted by atomic mass is 16.5. The molecule has 5 nitrogen and oxygen atoms in total. The monoisotopic (exact) mass is 283 g/mol. The van der Waals surface area contributed by atoms with Crippen LogP contribution in [0.25, 0.3) is 0 Å². The van der Waals surface area contributed by atoms with Gasteiger partial charge in [-0.3, -0.25) is 9.59 Å². The summed E-state index contributed by atoms with van der Waals surface area (Å²) in [6.45, 7) is 3.14. The third-order valence-electron chi connectivity index (χ3n) is 4.75. The first kappa shape index (κ1) is 15.3. The van der Waals surface area contributed by atoms with Gasteiger partial charge in [0.15, 0.2) is 0 Å². The zero-order valence-electron chi connectivity index (χ0n) is 12.2. The molecule has 1 amide bonds. The average molecular weight is 283 g/mol. The molecule has 0 aromatic rings. The summed E-state index contributed by atoms with van der Waals surface area (Å²) in [6, 6.07) is 0. The number of hydrogen-bond acceptors (Lipinski definition) is 3. The minimum atomic E-state index is -0.776. The molecular weight excluding hydrogens is 258 g/mol. The van der Waals surface area contributed by atoms with E-state index < -0.39 is 11.4 Å². The Balaban J connectivity index is 1.82. The van der Waals surface area contributed by atoms with E-state index in [1.54, 1.807) is 0 Å². The van der Waals surface area contributed by atoms with Gasteiger partial charge in [0.05, 0.1) is 17.9 Å². The lowest BCUT2D eigenvalue weighted by atomic mass is 9.71. The van der Waals surface area contributed by atoms with E-state index in [1.165, 1.54) is 0 Å². The molecule has 2 N–H and O–H groups in total. The summed E-state index contributed by atoms with van der Waals surface area (Å²) in [5, 5.41) is 12.3. The molecule has 1 saturated carbocycles. The van der Waals surface area contributed by atoms with Crippen LogP contribution in [0.1, 0.15) is 51.9 Å². The summed E-state index contributed by atoms with van der Waals surface area (Å²) >= 11 is 0. The van der Waals surface area contributed by atoms with Crippen molar-refractivity contribution in [1.29, 1.82) is 0 Å². The van der Waals surface area contributed by atoms with Crippen molar-refractivity contribution in [3.63, 3.8) is 0 Å². The quantitative estimate of drug-likeness (QED) is 0.808. The molecule has 1 saturated heterocycles. The molecule has 20 heavy (non-hydrogen) atoms. The van der Waals surface area contributed by atoms with Crippen LogP contribution in [-0.2, 0) is 14.3 Å². The summed E-state index contributed by atoms with van der Waals surface area (Å²) in [4.78, 5) is 23.5. The molecular formula is C15H25NO4. The summed E-state index contributed by atoms with van der Waals surface area (Å²) < 4.78 is 5.42. The number of aliphatic carboxylic acids is 1. The van der Waals surface area contributed by atoms with Crippen molar-refractivity contribution in [3.05, 3.63) is 0 Å². The third-order valence-corrected chi connectivity index (χ3v) is 4.75. The highest BCUT2D eigenvalue weighted by molar-refractivity contribution is 5.79. The first-order chi connectivity index (χ1) is 9.52. The second-order valence-electron chi connectivity index (χ2n) is 6.38. The first-order valence-electron chi connectivity index (χ1n) is 7.63. The minimum absolute atomic E-state index is 0.0159. The largest absolute Gasteiger partial charge is 0.481 e. The second kappa shape index (κ2) is 6.57. The Morgan fingerprint density at radius 2 is 2.00 bits per heavy atom. The van der Waals surface area contributed by atoms with Gasteiger partial charge in [-0.25, -0.2) is 0 Å². The Bertz CT molecular complexity index is 355. The average Bonchev–Trinajstić information content (AvgIpc) is 2.91. The van der Waals surface area contributed by atoms with E-state index in [0.29, 0.717) is 25.2 Å². The Labute approximate surface area is 120 Å². The van der Waals surface area contributed by atoms with Crippen molar-refractivity contribution in [3.8, 4) is 0 Å². The van der Waals surface area contributed by atoms with Gasteiger partial charge in [0.1, 0.15) is 0 Å². The van der Waals surface area contributed by atoms with E-state index in [9.17, 15) is 14.7 Å². The molecule has 1 aliphatic heterocycles. The van der Waals surface area contributed by atoms with Crippen molar-refractivity contribution in [2.45, 2.75) is 58.0 Å². The van der Waals surface area contributed by atoms with Gasteiger partial charge in [-0.1, -0.05) is 6.92 Å². The van der Waals surface area contributed by atoms with E-state index in [2.05, 4.69) is 12.2 Å². The zero-order valence-corrected chi connectivity index (χ0v) is 12.2. The topological polar surface area (TPSA) is 75.6 Å². The molecule has 1 unspecified atom stereocenters. The van der Waals surface area contributed by atoms with Crippen LogP contribution in [0.5, 0.6) is 0 Å². The Morgan fingerprint density at radius 1 is 1.30 bits per heavy atom. The van der Waals surface area contributed by atoms with Gasteiger partial charge in [-0.15, -0.1) is 0 Å². The summed E-state index contributed by atoms with van der Waals surface area (Å²) in [5.74, 6) is -0.275. The lowest BCUT2D eigenvalue weighted by Crippen LogP contribution is -2.45. The number of rotatable bonds is 5. The molecule has 1 heterocycles. The van der Waals surface area contributed by atoms with Gasteiger partial charge in [-0.05, 0) is 44.4 Å². The summed E-state index contributed by atoms with van der Waals surface area (Å²) in [6.07, 6.45) is 5.47. The number of carboxylic acids is 1. The first-order valence-corrected chi connectivity index (χ1v) is 7.63. The van der Waals surface area contributed by atoms with Crippen LogP contribution in [0.2, 0.25) is 0 Å². The van der Waals surface area contributed by atoms with Gasteiger partial charge in [0.25, 0.3) is 0 Å². The van der Waals surface area contributed by atoms with Crippen LogP contribution in [0.3, 0.4) is 0 Å². The van der Waals surface area contributed by atoms with Crippen molar-refractivity contribution in [1.82, 2.24) is 5.32 Å². The molecule has 0 spiro atoms. The van der Waals surface area contributed by atoms with Crippen LogP contribution in [0, 0.1) is 11.3 Å². The summed E-state index contributed by atoms with van der Waals surface area (Å²) in [5.41, 5.74) is -0.765. The maximum Gasteiger partial charge on any atom is 0.311 e. The van der Waals surface area contributed by atoms with E-state index in [1.807, 2.05) is 0 Å². The maximum atomic E-state index is 11.9. The molecule has 2 aliphatic rings. The molecule has 2 rings (SSSR count). The van der Waals surface area contributed by atoms with Crippen molar-refractivity contribution in [2.75, 3.05) is 13.2 Å². The number of nitrogens with one attached hydrogen (secondary N) is 1. The van der Waals surface area contributed by atoms with Crippen molar-refractivity contribution >= 4 is 11.9 Å². The molecule has 114 valence electrons. The minimum Gasteiger partial charge on any atom is -0.481 e. The Morgan fingerprint density at radius 3 is 2.55 bits per heavy atom. The van der Waals surface area contributed by atoms with E-state index in [-0.39, 0.29) is 18.6 Å². The fourth-order valence-electron chi connectivity index (χ4n) is 3.13. The van der Waals surface area contributed by atoms with Gasteiger partial charge in [0, 0.05) is 13.2 Å². The van der Waals surface area contributed by atoms with Gasteiger partial charge in [0.2, 0.25) is 5.91 Å². The van der Waals surface area contributed by atoms with Crippen LogP contribution in [0.15, 0.2) is 0 Å². The molecule has 0 aromatic heterocycles. The maximum absolute atomic E-state index is 11.9. The van der Waals surface area contributed by atoms with Gasteiger partial charge >= 0.3 is 5.97 Å². The molecule has 2 fully saturated rings. The molecule has 0 radical (unpaired) electrons. The van der Waals surface area contributed by atoms with Crippen molar-refractivity contribution in [2.24, 2.45) is 11.3 Å². The van der Waals surface area contributed by atoms with E-state index in [0.717, 1.165) is 32.3 Å². The van der Waals surface area contributed by atoms with Crippen LogP contribution in [-0.4, -0.2) is 36.2 Å². The normalized spacial score (nSPS) is 33.9. The van der Waals surface area contributed by atoms with E-state index >= 15 is 0 Å². The predicted molar refractivity (Wildman–Crippen MR) is 74.3 cm³/mol. The smallest absolute Gasteiger partial charge is 0.311 e. The molecule has 1 atom stereocenters. The van der Waals surface area contributed by atoms with Crippen LogP contribution >= 0.6 is 0 Å². The molecule has 0 bridgehead atoms. The number of carbonyl (C=O) groups is 2. The SMILES string of the molecule is CC1CCC(CNC(=O)CC2CCCO2)(C(=O)O)CC1. The number of amides is 1. The third kappa shape index (κ3) is 3.72. The fraction of sp³-hybridized carbons (Fsp3) is 0.867. The lowest BCUT2D eigenvalue weighted by Gasteiger charge is -2.35. The number of carboxylic acid groups (broad SMARTS) is 1. The lowest BCUT2D eigenvalue weighted by molar-refractivity contribution is -0.151. The molecule has 5 heteroatoms. The fourth-order valence-corrected chi connectivity index (χ4v) is 3.13. The molecule has 1 aliphatic carbocycles. The van der Waals surface area contributed by atoms with Gasteiger partial charge < -0.3 is 15.2 Å². The van der Waals surface area contributed by atoms with E-state index in [4.69, 9.17) is 4.74 Å². The van der Waals surface area contributed by atoms with Crippen LogP contribution < -0.4 is 5.32 Å². The number of ether oxygens (including phenoxy) is 1. The molecule has 0 aromatic carbocycles. The number of hydrogen-bond donors (Lipinski definition) is 2. The Hall–Kier alpha value is -1.10. The second-order valence-corrected chi connectivity index (χ2v) is 6.38. The standard InChI is InChI=1S/C15H25NO4/c1-11-4-6-15(7-5-11,14(18)19)10-16-13(17)9-12-3-2-8-20-12/h11-12H,2-10H2,1H3,(H,16,17)(H,18,19).